The summed E-state index contributed by atoms with van der Waals surface area (Å²) in [5.41, 5.74) is 3.25. The number of phenols is 2. The van der Waals surface area contributed by atoms with Crippen LogP contribution in [0.2, 0.25) is 0 Å². The third kappa shape index (κ3) is 5.54. The largest absolute Gasteiger partial charge is 0.508 e. The molecule has 0 bridgehead atoms. The number of carbonyl (C=O) groups excluding carboxylic acids is 1. The summed E-state index contributed by atoms with van der Waals surface area (Å²) in [5, 5.41) is 36.9. The molecule has 0 unspecified atom stereocenters. The van der Waals surface area contributed by atoms with Crippen molar-refractivity contribution in [2.24, 2.45) is 0 Å². The number of nitrogens with one attached hydrogen (secondary N) is 1. The number of aromatic hydroxyl groups is 2. The van der Waals surface area contributed by atoms with Crippen LogP contribution in [0.5, 0.6) is 11.5 Å². The Bertz CT molecular complexity index is 1280. The van der Waals surface area contributed by atoms with Gasteiger partial charge in [0.05, 0.1) is 11.1 Å². The Labute approximate surface area is 215 Å². The van der Waals surface area contributed by atoms with E-state index >= 15 is 0 Å². The van der Waals surface area contributed by atoms with Crippen molar-refractivity contribution in [1.82, 2.24) is 20.3 Å². The van der Waals surface area contributed by atoms with Crippen molar-refractivity contribution >= 4 is 12.0 Å². The fourth-order valence-electron chi connectivity index (χ4n) is 4.51. The third-order valence-corrected chi connectivity index (χ3v) is 6.55. The van der Waals surface area contributed by atoms with E-state index in [-0.39, 0.29) is 28.9 Å². The van der Waals surface area contributed by atoms with Crippen molar-refractivity contribution in [2.45, 2.75) is 33.2 Å². The first-order chi connectivity index (χ1) is 17.7. The minimum atomic E-state index is -0.892. The van der Waals surface area contributed by atoms with Gasteiger partial charge < -0.3 is 30.1 Å². The predicted molar refractivity (Wildman–Crippen MR) is 138 cm³/mol. The second-order valence-corrected chi connectivity index (χ2v) is 9.42. The van der Waals surface area contributed by atoms with Gasteiger partial charge in [0.15, 0.2) is 11.5 Å². The van der Waals surface area contributed by atoms with E-state index in [0.717, 1.165) is 5.56 Å². The smallest absolute Gasteiger partial charge is 0.407 e. The number of nitrogens with zero attached hydrogens (tertiary/aromatic N) is 3. The van der Waals surface area contributed by atoms with Crippen LogP contribution in [-0.4, -0.2) is 75.0 Å². The van der Waals surface area contributed by atoms with Gasteiger partial charge in [0.1, 0.15) is 11.5 Å². The van der Waals surface area contributed by atoms with Gasteiger partial charge in [0, 0.05) is 45.3 Å². The molecule has 1 aromatic heterocycles. The van der Waals surface area contributed by atoms with E-state index < -0.39 is 12.0 Å². The van der Waals surface area contributed by atoms with E-state index in [4.69, 9.17) is 9.63 Å². The molecule has 2 aromatic carbocycles. The van der Waals surface area contributed by atoms with Crippen LogP contribution in [0.15, 0.2) is 40.9 Å². The van der Waals surface area contributed by atoms with E-state index in [1.165, 1.54) is 11.0 Å². The first-order valence-corrected chi connectivity index (χ1v) is 12.3. The molecule has 0 radical (unpaired) electrons. The van der Waals surface area contributed by atoms with Crippen LogP contribution >= 0.6 is 0 Å². The molecule has 1 aliphatic heterocycles. The standard InChI is InChI=1S/C27H32N4O6/c1-4-28-26(34)24-23(25(37-29-24)20-13-19(16(2)3)21(32)14-22(20)33)18-7-5-17(6-8-18)15-30-9-11-31(12-10-30)27(35)36/h5-8,13-14,16,32-33H,4,9-12,15H2,1-3H3,(H,28,34)(H,35,36). The Hall–Kier alpha value is -4.05. The number of benzene rings is 2. The lowest BCUT2D eigenvalue weighted by Crippen LogP contribution is -2.47. The zero-order valence-corrected chi connectivity index (χ0v) is 21.2. The lowest BCUT2D eigenvalue weighted by Gasteiger charge is -2.33. The maximum Gasteiger partial charge on any atom is 0.407 e. The molecule has 0 atom stereocenters. The fraction of sp³-hybridized carbons (Fsp3) is 0.370. The van der Waals surface area contributed by atoms with Gasteiger partial charge in [-0.1, -0.05) is 43.3 Å². The van der Waals surface area contributed by atoms with E-state index in [9.17, 15) is 19.8 Å². The summed E-state index contributed by atoms with van der Waals surface area (Å²) in [6.07, 6.45) is -0.892. The third-order valence-electron chi connectivity index (χ3n) is 6.55. The zero-order valence-electron chi connectivity index (χ0n) is 21.2. The molecule has 4 rings (SSSR count). The number of aromatic nitrogens is 1. The first-order valence-electron chi connectivity index (χ1n) is 12.3. The highest BCUT2D eigenvalue weighted by Gasteiger charge is 2.27. The molecule has 2 amide bonds. The second kappa shape index (κ2) is 10.9. The average Bonchev–Trinajstić information content (AvgIpc) is 3.30. The number of hydrogen-bond donors (Lipinski definition) is 4. The molecule has 37 heavy (non-hydrogen) atoms. The lowest BCUT2D eigenvalue weighted by molar-refractivity contribution is 0.0947. The molecule has 196 valence electrons. The van der Waals surface area contributed by atoms with Crippen molar-refractivity contribution in [2.75, 3.05) is 32.7 Å². The Morgan fingerprint density at radius 1 is 1.05 bits per heavy atom. The summed E-state index contributed by atoms with van der Waals surface area (Å²) < 4.78 is 5.63. The normalized spacial score (nSPS) is 14.2. The van der Waals surface area contributed by atoms with E-state index in [1.54, 1.807) is 6.07 Å². The second-order valence-electron chi connectivity index (χ2n) is 9.42. The number of amides is 2. The van der Waals surface area contributed by atoms with Gasteiger partial charge >= 0.3 is 6.09 Å². The minimum absolute atomic E-state index is 0.00905. The number of phenolic OH excluding ortho intramolecular Hbond substituents is 2. The highest BCUT2D eigenvalue weighted by molar-refractivity contribution is 6.02. The van der Waals surface area contributed by atoms with Gasteiger partial charge in [0.2, 0.25) is 0 Å². The maximum absolute atomic E-state index is 12.8. The molecule has 10 heteroatoms. The van der Waals surface area contributed by atoms with E-state index in [2.05, 4.69) is 15.4 Å². The van der Waals surface area contributed by atoms with Crippen LogP contribution in [0.4, 0.5) is 4.79 Å². The van der Waals surface area contributed by atoms with Gasteiger partial charge in [0.25, 0.3) is 5.91 Å². The first kappa shape index (κ1) is 26.0. The van der Waals surface area contributed by atoms with E-state index in [0.29, 0.717) is 61.5 Å². The van der Waals surface area contributed by atoms with Gasteiger partial charge in [-0.25, -0.2) is 4.79 Å². The van der Waals surface area contributed by atoms with Crippen LogP contribution in [0.25, 0.3) is 22.5 Å². The number of hydrogen-bond acceptors (Lipinski definition) is 7. The predicted octanol–water partition coefficient (Wildman–Crippen LogP) is 4.09. The van der Waals surface area contributed by atoms with Gasteiger partial charge in [-0.05, 0) is 35.6 Å². The van der Waals surface area contributed by atoms with Crippen molar-refractivity contribution in [3.8, 4) is 33.9 Å². The van der Waals surface area contributed by atoms with Gasteiger partial charge in [-0.3, -0.25) is 9.69 Å². The summed E-state index contributed by atoms with van der Waals surface area (Å²) in [5.74, 6) is -0.368. The summed E-state index contributed by atoms with van der Waals surface area (Å²) in [6, 6.07) is 10.6. The monoisotopic (exact) mass is 508 g/mol. The van der Waals surface area contributed by atoms with Crippen LogP contribution in [0.1, 0.15) is 48.3 Å². The molecule has 1 fully saturated rings. The highest BCUT2D eigenvalue weighted by atomic mass is 16.5. The zero-order chi connectivity index (χ0) is 26.7. The molecule has 3 aromatic rings. The number of carbonyl (C=O) groups is 2. The van der Waals surface area contributed by atoms with Crippen molar-refractivity contribution in [3.63, 3.8) is 0 Å². The average molecular weight is 509 g/mol. The van der Waals surface area contributed by atoms with Crippen LogP contribution in [-0.2, 0) is 6.54 Å². The molecule has 1 aliphatic rings. The topological polar surface area (TPSA) is 139 Å². The summed E-state index contributed by atoms with van der Waals surface area (Å²) in [7, 11) is 0. The van der Waals surface area contributed by atoms with E-state index in [1.807, 2.05) is 45.0 Å². The molecule has 0 spiro atoms. The van der Waals surface area contributed by atoms with Gasteiger partial charge in [-0.2, -0.15) is 0 Å². The maximum atomic E-state index is 12.8. The molecule has 1 saturated heterocycles. The van der Waals surface area contributed by atoms with Gasteiger partial charge in [-0.15, -0.1) is 0 Å². The number of rotatable bonds is 7. The molecule has 4 N–H and O–H groups in total. The Morgan fingerprint density at radius 3 is 2.32 bits per heavy atom. The number of carboxylic acid groups (broad SMARTS) is 1. The summed E-state index contributed by atoms with van der Waals surface area (Å²) in [6.45, 7) is 9.01. The molecular formula is C27H32N4O6. The van der Waals surface area contributed by atoms with Crippen LogP contribution in [0.3, 0.4) is 0 Å². The fourth-order valence-corrected chi connectivity index (χ4v) is 4.51. The van der Waals surface area contributed by atoms with Crippen molar-refractivity contribution in [1.29, 1.82) is 0 Å². The SMILES string of the molecule is CCNC(=O)c1noc(-c2cc(C(C)C)c(O)cc2O)c1-c1ccc(CN2CCN(C(=O)O)CC2)cc1. The minimum Gasteiger partial charge on any atom is -0.508 e. The Morgan fingerprint density at radius 2 is 1.73 bits per heavy atom. The lowest BCUT2D eigenvalue weighted by atomic mass is 9.94. The quantitative estimate of drug-likeness (QED) is 0.374. The number of piperazine rings is 1. The summed E-state index contributed by atoms with van der Waals surface area (Å²) in [4.78, 5) is 27.6. The Balaban J connectivity index is 1.67. The molecule has 2 heterocycles. The van der Waals surface area contributed by atoms with Crippen LogP contribution < -0.4 is 5.32 Å². The molecule has 0 aliphatic carbocycles. The molecule has 10 nitrogen and oxygen atoms in total. The molecular weight excluding hydrogens is 476 g/mol. The highest BCUT2D eigenvalue weighted by Crippen LogP contribution is 2.43. The Kier molecular flexibility index (Phi) is 7.68. The van der Waals surface area contributed by atoms with Crippen LogP contribution in [0, 0.1) is 0 Å². The summed E-state index contributed by atoms with van der Waals surface area (Å²) >= 11 is 0. The van der Waals surface area contributed by atoms with Crippen molar-refractivity contribution < 1.29 is 29.4 Å². The van der Waals surface area contributed by atoms with Crippen molar-refractivity contribution in [3.05, 3.63) is 53.2 Å². The molecule has 0 saturated carbocycles.